The first-order chi connectivity index (χ1) is 8.39. The molecule has 0 radical (unpaired) electrons. The highest BCUT2D eigenvalue weighted by atomic mass is 35.5. The van der Waals surface area contributed by atoms with E-state index >= 15 is 0 Å². The standard InChI is InChI=1S/C15H21ClO2/c1-9-10(2)14-12(11(3)13(9)17)5-6-15(4,18-14)7-8-16/h17H,5-8H2,1-4H3. The molecule has 1 aliphatic rings. The number of alkyl halides is 1. The number of hydrogen-bond acceptors (Lipinski definition) is 2. The van der Waals surface area contributed by atoms with Crippen molar-refractivity contribution in [3.63, 3.8) is 0 Å². The van der Waals surface area contributed by atoms with E-state index in [0.29, 0.717) is 11.6 Å². The van der Waals surface area contributed by atoms with E-state index in [1.807, 2.05) is 20.8 Å². The molecule has 2 nitrogen and oxygen atoms in total. The van der Waals surface area contributed by atoms with Crippen LogP contribution >= 0.6 is 11.6 Å². The van der Waals surface area contributed by atoms with E-state index in [-0.39, 0.29) is 5.60 Å². The summed E-state index contributed by atoms with van der Waals surface area (Å²) in [7, 11) is 0. The van der Waals surface area contributed by atoms with Gasteiger partial charge in [-0.25, -0.2) is 0 Å². The zero-order valence-corrected chi connectivity index (χ0v) is 12.3. The molecule has 1 aromatic carbocycles. The maximum absolute atomic E-state index is 10.1. The van der Waals surface area contributed by atoms with Gasteiger partial charge in [0, 0.05) is 17.9 Å². The van der Waals surface area contributed by atoms with Gasteiger partial charge in [-0.15, -0.1) is 11.6 Å². The van der Waals surface area contributed by atoms with Crippen LogP contribution in [0.25, 0.3) is 0 Å². The van der Waals surface area contributed by atoms with Gasteiger partial charge in [-0.1, -0.05) is 0 Å². The number of aromatic hydroxyl groups is 1. The number of halogens is 1. The molecule has 2 rings (SSSR count). The Labute approximate surface area is 114 Å². The number of benzene rings is 1. The summed E-state index contributed by atoms with van der Waals surface area (Å²) in [6, 6.07) is 0. The van der Waals surface area contributed by atoms with Crippen molar-refractivity contribution >= 4 is 11.6 Å². The molecule has 0 aromatic heterocycles. The molecule has 0 aliphatic carbocycles. The smallest absolute Gasteiger partial charge is 0.127 e. The minimum Gasteiger partial charge on any atom is -0.507 e. The van der Waals surface area contributed by atoms with Gasteiger partial charge in [0.05, 0.1) is 0 Å². The van der Waals surface area contributed by atoms with E-state index in [2.05, 4.69) is 6.92 Å². The molecular formula is C15H21ClO2. The van der Waals surface area contributed by atoms with E-state index in [9.17, 15) is 5.11 Å². The number of hydrogen-bond donors (Lipinski definition) is 1. The van der Waals surface area contributed by atoms with Crippen LogP contribution in [0, 0.1) is 20.8 Å². The van der Waals surface area contributed by atoms with Crippen LogP contribution in [-0.4, -0.2) is 16.6 Å². The lowest BCUT2D eigenvalue weighted by Gasteiger charge is -2.37. The average molecular weight is 269 g/mol. The molecule has 1 N–H and O–H groups in total. The summed E-state index contributed by atoms with van der Waals surface area (Å²) in [6.45, 7) is 8.04. The van der Waals surface area contributed by atoms with Gasteiger partial charge in [-0.2, -0.15) is 0 Å². The maximum atomic E-state index is 10.1. The van der Waals surface area contributed by atoms with Gasteiger partial charge >= 0.3 is 0 Å². The van der Waals surface area contributed by atoms with Gasteiger partial charge in [-0.05, 0) is 57.2 Å². The molecule has 1 heterocycles. The highest BCUT2D eigenvalue weighted by molar-refractivity contribution is 6.17. The predicted octanol–water partition coefficient (Wildman–Crippen LogP) is 4.03. The van der Waals surface area contributed by atoms with Crippen LogP contribution in [0.2, 0.25) is 0 Å². The molecule has 1 aromatic rings. The van der Waals surface area contributed by atoms with Crippen LogP contribution in [0.1, 0.15) is 42.0 Å². The Kier molecular flexibility index (Phi) is 3.50. The number of ether oxygens (including phenoxy) is 1. The topological polar surface area (TPSA) is 29.5 Å². The van der Waals surface area contributed by atoms with Gasteiger partial charge in [0.1, 0.15) is 17.1 Å². The van der Waals surface area contributed by atoms with Gasteiger partial charge in [-0.3, -0.25) is 0 Å². The second-order valence-electron chi connectivity index (χ2n) is 5.52. The molecule has 3 heteroatoms. The van der Waals surface area contributed by atoms with Crippen molar-refractivity contribution in [2.45, 2.75) is 52.6 Å². The summed E-state index contributed by atoms with van der Waals surface area (Å²) in [5, 5.41) is 10.1. The Morgan fingerprint density at radius 3 is 2.50 bits per heavy atom. The summed E-state index contributed by atoms with van der Waals surface area (Å²) in [5.74, 6) is 1.98. The van der Waals surface area contributed by atoms with Crippen LogP contribution in [0.4, 0.5) is 0 Å². The Balaban J connectivity index is 2.50. The van der Waals surface area contributed by atoms with Gasteiger partial charge in [0.2, 0.25) is 0 Å². The van der Waals surface area contributed by atoms with Gasteiger partial charge in [0.15, 0.2) is 0 Å². The molecule has 0 saturated heterocycles. The number of fused-ring (bicyclic) bond motifs is 1. The van der Waals surface area contributed by atoms with Gasteiger partial charge in [0.25, 0.3) is 0 Å². The molecule has 1 unspecified atom stereocenters. The molecule has 0 amide bonds. The Bertz CT molecular complexity index is 482. The summed E-state index contributed by atoms with van der Waals surface area (Å²) in [6.07, 6.45) is 2.76. The predicted molar refractivity (Wildman–Crippen MR) is 75.0 cm³/mol. The molecular weight excluding hydrogens is 248 g/mol. The Hall–Kier alpha value is -0.890. The summed E-state index contributed by atoms with van der Waals surface area (Å²) in [5.41, 5.74) is 3.91. The minimum atomic E-state index is -0.171. The molecule has 0 bridgehead atoms. The van der Waals surface area contributed by atoms with Crippen LogP contribution in [0.3, 0.4) is 0 Å². The zero-order valence-electron chi connectivity index (χ0n) is 11.6. The van der Waals surface area contributed by atoms with Crippen molar-refractivity contribution in [3.05, 3.63) is 22.3 Å². The fourth-order valence-corrected chi connectivity index (χ4v) is 3.07. The van der Waals surface area contributed by atoms with E-state index in [4.69, 9.17) is 16.3 Å². The quantitative estimate of drug-likeness (QED) is 0.821. The van der Waals surface area contributed by atoms with E-state index in [0.717, 1.165) is 47.3 Å². The second kappa shape index (κ2) is 4.65. The average Bonchev–Trinajstić information content (AvgIpc) is 2.34. The zero-order chi connectivity index (χ0) is 13.5. The SMILES string of the molecule is Cc1c(C)c2c(c(C)c1O)CCC(C)(CCCl)O2. The molecule has 100 valence electrons. The van der Waals surface area contributed by atoms with Crippen molar-refractivity contribution in [1.29, 1.82) is 0 Å². The highest BCUT2D eigenvalue weighted by Crippen LogP contribution is 2.43. The minimum absolute atomic E-state index is 0.171. The summed E-state index contributed by atoms with van der Waals surface area (Å²) < 4.78 is 6.21. The first-order valence-electron chi connectivity index (χ1n) is 6.46. The molecule has 0 saturated carbocycles. The molecule has 0 spiro atoms. The summed E-state index contributed by atoms with van der Waals surface area (Å²) in [4.78, 5) is 0. The van der Waals surface area contributed by atoms with E-state index in [1.54, 1.807) is 0 Å². The van der Waals surface area contributed by atoms with Crippen molar-refractivity contribution in [2.24, 2.45) is 0 Å². The number of rotatable bonds is 2. The molecule has 18 heavy (non-hydrogen) atoms. The third kappa shape index (κ3) is 2.07. The molecule has 1 atom stereocenters. The first kappa shape index (κ1) is 13.5. The van der Waals surface area contributed by atoms with Crippen LogP contribution < -0.4 is 4.74 Å². The highest BCUT2D eigenvalue weighted by Gasteiger charge is 2.33. The van der Waals surface area contributed by atoms with Crippen molar-refractivity contribution < 1.29 is 9.84 Å². The van der Waals surface area contributed by atoms with Crippen LogP contribution in [0.5, 0.6) is 11.5 Å². The van der Waals surface area contributed by atoms with Crippen molar-refractivity contribution in [3.8, 4) is 11.5 Å². The van der Waals surface area contributed by atoms with Crippen LogP contribution in [-0.2, 0) is 6.42 Å². The monoisotopic (exact) mass is 268 g/mol. The largest absolute Gasteiger partial charge is 0.507 e. The van der Waals surface area contributed by atoms with Crippen molar-refractivity contribution in [1.82, 2.24) is 0 Å². The third-order valence-corrected chi connectivity index (χ3v) is 4.40. The lowest BCUT2D eigenvalue weighted by Crippen LogP contribution is -2.37. The van der Waals surface area contributed by atoms with Gasteiger partial charge < -0.3 is 9.84 Å². The third-order valence-electron chi connectivity index (χ3n) is 4.22. The Morgan fingerprint density at radius 1 is 1.22 bits per heavy atom. The van der Waals surface area contributed by atoms with E-state index < -0.39 is 0 Å². The molecule has 1 aliphatic heterocycles. The lowest BCUT2D eigenvalue weighted by molar-refractivity contribution is 0.0607. The maximum Gasteiger partial charge on any atom is 0.127 e. The fraction of sp³-hybridized carbons (Fsp3) is 0.600. The normalized spacial score (nSPS) is 22.5. The van der Waals surface area contributed by atoms with Crippen molar-refractivity contribution in [2.75, 3.05) is 5.88 Å². The fourth-order valence-electron chi connectivity index (χ4n) is 2.67. The summed E-state index contributed by atoms with van der Waals surface area (Å²) >= 11 is 5.86. The number of phenolic OH excluding ortho intramolecular Hbond substituents is 1. The first-order valence-corrected chi connectivity index (χ1v) is 6.99. The number of phenols is 1. The van der Waals surface area contributed by atoms with E-state index in [1.165, 1.54) is 0 Å². The Morgan fingerprint density at radius 2 is 1.89 bits per heavy atom. The second-order valence-corrected chi connectivity index (χ2v) is 5.90. The lowest BCUT2D eigenvalue weighted by atomic mass is 9.86. The molecule has 0 fully saturated rings. The van der Waals surface area contributed by atoms with Crippen LogP contribution in [0.15, 0.2) is 0 Å².